The highest BCUT2D eigenvalue weighted by Gasteiger charge is 2.25. The van der Waals surface area contributed by atoms with Crippen molar-refractivity contribution in [3.8, 4) is 16.5 Å². The van der Waals surface area contributed by atoms with Crippen LogP contribution < -0.4 is 0 Å². The average Bonchev–Trinajstić information content (AvgIpc) is 3.20. The second-order valence-electron chi connectivity index (χ2n) is 6.31. The van der Waals surface area contributed by atoms with Gasteiger partial charge in [-0.2, -0.15) is 5.26 Å². The third-order valence-electron chi connectivity index (χ3n) is 4.51. The Labute approximate surface area is 161 Å². The lowest BCUT2D eigenvalue weighted by Crippen LogP contribution is -2.28. The third kappa shape index (κ3) is 3.38. The van der Waals surface area contributed by atoms with Gasteiger partial charge in [-0.25, -0.2) is 4.98 Å². The predicted octanol–water partition coefficient (Wildman–Crippen LogP) is 4.36. The van der Waals surface area contributed by atoms with Gasteiger partial charge in [0.1, 0.15) is 11.1 Å². The molecule has 130 valence electrons. The number of hydrogen-bond acceptors (Lipinski definition) is 6. The standard InChI is InChI=1S/C20H18N4S2/c1-24-9-6-17-16(12-24)19(18-3-2-10-25-18)15(11-21)20(23-17)26-13-14-4-7-22-8-5-14/h2-5,7-8,10H,6,9,12-13H2,1H3. The van der Waals surface area contributed by atoms with Crippen LogP contribution in [0.15, 0.2) is 47.1 Å². The summed E-state index contributed by atoms with van der Waals surface area (Å²) >= 11 is 3.33. The van der Waals surface area contributed by atoms with Crippen molar-refractivity contribution in [1.82, 2.24) is 14.9 Å². The normalized spacial score (nSPS) is 14.0. The largest absolute Gasteiger partial charge is 0.302 e. The number of nitriles is 1. The molecule has 6 heteroatoms. The highest BCUT2D eigenvalue weighted by molar-refractivity contribution is 7.98. The molecule has 0 spiro atoms. The van der Waals surface area contributed by atoms with Crippen molar-refractivity contribution in [2.24, 2.45) is 0 Å². The van der Waals surface area contributed by atoms with Crippen LogP contribution in [0.2, 0.25) is 0 Å². The first-order valence-corrected chi connectivity index (χ1v) is 10.3. The summed E-state index contributed by atoms with van der Waals surface area (Å²) in [7, 11) is 2.12. The molecule has 0 radical (unpaired) electrons. The molecule has 0 aliphatic carbocycles. The van der Waals surface area contributed by atoms with Gasteiger partial charge in [-0.1, -0.05) is 6.07 Å². The minimum absolute atomic E-state index is 0.709. The summed E-state index contributed by atoms with van der Waals surface area (Å²) in [6.45, 7) is 1.85. The molecule has 0 aromatic carbocycles. The Kier molecular flexibility index (Phi) is 5.02. The molecular weight excluding hydrogens is 360 g/mol. The minimum atomic E-state index is 0.709. The number of pyridine rings is 2. The molecule has 3 aromatic heterocycles. The second kappa shape index (κ2) is 7.58. The highest BCUT2D eigenvalue weighted by Crippen LogP contribution is 2.39. The van der Waals surface area contributed by atoms with Crippen molar-refractivity contribution in [1.29, 1.82) is 5.26 Å². The number of aromatic nitrogens is 2. The zero-order chi connectivity index (χ0) is 17.9. The Balaban J connectivity index is 1.80. The van der Waals surface area contributed by atoms with Crippen LogP contribution in [-0.2, 0) is 18.7 Å². The Morgan fingerprint density at radius 1 is 1.31 bits per heavy atom. The SMILES string of the molecule is CN1CCc2nc(SCc3ccncc3)c(C#N)c(-c3cccs3)c2C1. The number of thioether (sulfide) groups is 1. The Morgan fingerprint density at radius 3 is 2.88 bits per heavy atom. The summed E-state index contributed by atoms with van der Waals surface area (Å²) in [5.74, 6) is 0.784. The molecule has 4 rings (SSSR count). The summed E-state index contributed by atoms with van der Waals surface area (Å²) in [6.07, 6.45) is 4.53. The molecule has 0 amide bonds. The van der Waals surface area contributed by atoms with Crippen molar-refractivity contribution in [2.45, 2.75) is 23.7 Å². The van der Waals surface area contributed by atoms with E-state index in [1.54, 1.807) is 35.5 Å². The molecule has 0 saturated heterocycles. The predicted molar refractivity (Wildman–Crippen MR) is 106 cm³/mol. The topological polar surface area (TPSA) is 52.8 Å². The van der Waals surface area contributed by atoms with Crippen molar-refractivity contribution >= 4 is 23.1 Å². The van der Waals surface area contributed by atoms with Crippen molar-refractivity contribution in [3.63, 3.8) is 0 Å². The lowest BCUT2D eigenvalue weighted by Gasteiger charge is -2.27. The molecule has 0 saturated carbocycles. The number of likely N-dealkylation sites (N-methyl/N-ethyl adjacent to an activating group) is 1. The van der Waals surface area contributed by atoms with E-state index in [0.717, 1.165) is 46.4 Å². The van der Waals surface area contributed by atoms with Gasteiger partial charge < -0.3 is 4.90 Å². The monoisotopic (exact) mass is 378 g/mol. The van der Waals surface area contributed by atoms with Gasteiger partial charge in [0.05, 0.1) is 5.56 Å². The molecule has 0 fully saturated rings. The summed E-state index contributed by atoms with van der Waals surface area (Å²) in [6, 6.07) is 10.6. The minimum Gasteiger partial charge on any atom is -0.302 e. The van der Waals surface area contributed by atoms with E-state index >= 15 is 0 Å². The van der Waals surface area contributed by atoms with E-state index in [9.17, 15) is 5.26 Å². The fraction of sp³-hybridized carbons (Fsp3) is 0.250. The molecule has 0 unspecified atom stereocenters. The zero-order valence-electron chi connectivity index (χ0n) is 14.5. The summed E-state index contributed by atoms with van der Waals surface area (Å²) in [4.78, 5) is 12.4. The zero-order valence-corrected chi connectivity index (χ0v) is 16.1. The van der Waals surface area contributed by atoms with Gasteiger partial charge in [0.2, 0.25) is 0 Å². The number of thiophene rings is 1. The van der Waals surface area contributed by atoms with E-state index in [1.807, 2.05) is 18.2 Å². The third-order valence-corrected chi connectivity index (χ3v) is 6.45. The molecule has 3 aromatic rings. The second-order valence-corrected chi connectivity index (χ2v) is 8.22. The van der Waals surface area contributed by atoms with E-state index in [0.29, 0.717) is 5.56 Å². The van der Waals surface area contributed by atoms with Gasteiger partial charge in [-0.05, 0) is 41.8 Å². The van der Waals surface area contributed by atoms with E-state index in [4.69, 9.17) is 4.98 Å². The van der Waals surface area contributed by atoms with Gasteiger partial charge in [-0.15, -0.1) is 23.1 Å². The number of rotatable bonds is 4. The van der Waals surface area contributed by atoms with Gasteiger partial charge in [-0.3, -0.25) is 4.98 Å². The first kappa shape index (κ1) is 17.2. The lowest BCUT2D eigenvalue weighted by molar-refractivity contribution is 0.310. The van der Waals surface area contributed by atoms with Crippen molar-refractivity contribution in [2.75, 3.05) is 13.6 Å². The highest BCUT2D eigenvalue weighted by atomic mass is 32.2. The van der Waals surface area contributed by atoms with Gasteiger partial charge >= 0.3 is 0 Å². The molecule has 1 aliphatic rings. The molecular formula is C20H18N4S2. The molecule has 0 bridgehead atoms. The van der Waals surface area contributed by atoms with Crippen LogP contribution in [0.5, 0.6) is 0 Å². The van der Waals surface area contributed by atoms with E-state index < -0.39 is 0 Å². The Morgan fingerprint density at radius 2 is 2.15 bits per heavy atom. The summed E-state index contributed by atoms with van der Waals surface area (Å²) in [5.41, 5.74) is 5.33. The van der Waals surface area contributed by atoms with E-state index in [1.165, 1.54) is 11.1 Å². The number of hydrogen-bond donors (Lipinski definition) is 0. The van der Waals surface area contributed by atoms with Crippen molar-refractivity contribution in [3.05, 3.63) is 64.4 Å². The Hall–Kier alpha value is -2.20. The summed E-state index contributed by atoms with van der Waals surface area (Å²) in [5, 5.41) is 12.9. The first-order chi connectivity index (χ1) is 12.8. The first-order valence-electron chi connectivity index (χ1n) is 8.46. The molecule has 0 atom stereocenters. The van der Waals surface area contributed by atoms with Gasteiger partial charge in [0, 0.05) is 53.8 Å². The molecule has 0 N–H and O–H groups in total. The fourth-order valence-corrected chi connectivity index (χ4v) is 4.97. The maximum atomic E-state index is 9.94. The van der Waals surface area contributed by atoms with Crippen LogP contribution >= 0.6 is 23.1 Å². The van der Waals surface area contributed by atoms with E-state index in [2.05, 4.69) is 34.4 Å². The quantitative estimate of drug-likeness (QED) is 0.632. The molecule has 1 aliphatic heterocycles. The average molecular weight is 379 g/mol. The van der Waals surface area contributed by atoms with E-state index in [-0.39, 0.29) is 0 Å². The Bertz CT molecular complexity index is 946. The van der Waals surface area contributed by atoms with Crippen LogP contribution in [0.4, 0.5) is 0 Å². The van der Waals surface area contributed by atoms with Crippen LogP contribution in [-0.4, -0.2) is 28.5 Å². The molecule has 4 nitrogen and oxygen atoms in total. The number of nitrogens with zero attached hydrogens (tertiary/aromatic N) is 4. The fourth-order valence-electron chi connectivity index (χ4n) is 3.20. The lowest BCUT2D eigenvalue weighted by atomic mass is 9.96. The smallest absolute Gasteiger partial charge is 0.115 e. The van der Waals surface area contributed by atoms with Crippen LogP contribution in [0.3, 0.4) is 0 Å². The van der Waals surface area contributed by atoms with Crippen molar-refractivity contribution < 1.29 is 0 Å². The maximum absolute atomic E-state index is 9.94. The van der Waals surface area contributed by atoms with Crippen LogP contribution in [0.1, 0.15) is 22.4 Å². The van der Waals surface area contributed by atoms with Crippen LogP contribution in [0, 0.1) is 11.3 Å². The molecule has 4 heterocycles. The maximum Gasteiger partial charge on any atom is 0.115 e. The number of fused-ring (bicyclic) bond motifs is 1. The van der Waals surface area contributed by atoms with Gasteiger partial charge in [0.25, 0.3) is 0 Å². The molecule has 26 heavy (non-hydrogen) atoms. The summed E-state index contributed by atoms with van der Waals surface area (Å²) < 4.78 is 0. The van der Waals surface area contributed by atoms with Crippen LogP contribution in [0.25, 0.3) is 10.4 Å². The van der Waals surface area contributed by atoms with Gasteiger partial charge in [0.15, 0.2) is 0 Å².